The number of anilines is 1. The molecule has 0 aliphatic carbocycles. The molecule has 49 heavy (non-hydrogen) atoms. The first-order chi connectivity index (χ1) is 23.2. The van der Waals surface area contributed by atoms with E-state index in [9.17, 15) is 28.1 Å². The monoisotopic (exact) mass is 699 g/mol. The molecule has 0 saturated carbocycles. The summed E-state index contributed by atoms with van der Waals surface area (Å²) in [5.74, 6) is -2.21. The van der Waals surface area contributed by atoms with Gasteiger partial charge in [-0.25, -0.2) is 14.3 Å². The zero-order chi connectivity index (χ0) is 35.9. The lowest BCUT2D eigenvalue weighted by atomic mass is 10.0. The number of aromatic nitrogens is 1. The SMILES string of the molecule is CCN(CCNC(=O)c1c(C)[nH]c(/C=C2\C(=O)Nc3ccc(F)cc32)c1C)C(=O)OCc1ccc(OP(=O)(COC)N[C@@H](C)C(=O)O)cc1. The van der Waals surface area contributed by atoms with Crippen LogP contribution >= 0.6 is 7.52 Å². The maximum atomic E-state index is 13.9. The molecule has 14 nitrogen and oxygen atoms in total. The van der Waals surface area contributed by atoms with E-state index in [1.807, 2.05) is 0 Å². The van der Waals surface area contributed by atoms with Crippen molar-refractivity contribution in [2.45, 2.75) is 40.3 Å². The van der Waals surface area contributed by atoms with Crippen LogP contribution in [0.25, 0.3) is 11.6 Å². The molecule has 262 valence electrons. The van der Waals surface area contributed by atoms with E-state index in [-0.39, 0.29) is 49.2 Å². The number of nitrogens with one attached hydrogen (secondary N) is 4. The minimum absolute atomic E-state index is 0.0683. The highest BCUT2D eigenvalue weighted by molar-refractivity contribution is 7.57. The Morgan fingerprint density at radius 2 is 1.86 bits per heavy atom. The van der Waals surface area contributed by atoms with Gasteiger partial charge in [-0.15, -0.1) is 0 Å². The summed E-state index contributed by atoms with van der Waals surface area (Å²) in [5, 5.41) is 17.1. The fourth-order valence-corrected chi connectivity index (χ4v) is 6.82. The summed E-state index contributed by atoms with van der Waals surface area (Å²) in [6.45, 7) is 7.15. The number of carboxylic acid groups (broad SMARTS) is 1. The van der Waals surface area contributed by atoms with Gasteiger partial charge in [0.05, 0.1) is 11.1 Å². The normalized spacial score (nSPS) is 14.8. The van der Waals surface area contributed by atoms with Crippen molar-refractivity contribution >= 4 is 48.7 Å². The minimum atomic E-state index is -3.68. The third-order valence-electron chi connectivity index (χ3n) is 7.66. The Labute approximate surface area is 282 Å². The highest BCUT2D eigenvalue weighted by Crippen LogP contribution is 2.43. The maximum Gasteiger partial charge on any atom is 0.410 e. The van der Waals surface area contributed by atoms with E-state index in [4.69, 9.17) is 19.1 Å². The first-order valence-corrected chi connectivity index (χ1v) is 17.1. The predicted octanol–water partition coefficient (Wildman–Crippen LogP) is 4.89. The van der Waals surface area contributed by atoms with Crippen molar-refractivity contribution in [3.8, 4) is 5.75 Å². The molecule has 0 radical (unpaired) electrons. The number of methoxy groups -OCH3 is 1. The second-order valence-corrected chi connectivity index (χ2v) is 13.3. The van der Waals surface area contributed by atoms with Gasteiger partial charge < -0.3 is 39.6 Å². The standard InChI is InChI=1S/C33H39FN5O9P/c1-6-39(33(44)47-17-22-7-10-24(11-8-22)48-49(45,18-46-5)38-21(4)32(42)43)14-13-35-31(41)29-19(2)28(36-20(29)3)16-26-25-15-23(34)9-12-27(25)37-30(26)40/h7-12,15-16,21,36H,6,13-14,17-18H2,1-5H3,(H,35,41)(H,37,40)(H,38,45)(H,42,43)/b26-16-/t21-,49?/m0/s1. The molecule has 1 aliphatic heterocycles. The highest BCUT2D eigenvalue weighted by Gasteiger charge is 2.30. The van der Waals surface area contributed by atoms with E-state index < -0.39 is 31.4 Å². The van der Waals surface area contributed by atoms with Crippen molar-refractivity contribution in [3.63, 3.8) is 0 Å². The largest absolute Gasteiger partial charge is 0.480 e. The number of carbonyl (C=O) groups is 4. The average molecular weight is 700 g/mol. The summed E-state index contributed by atoms with van der Waals surface area (Å²) >= 11 is 0. The fourth-order valence-electron chi connectivity index (χ4n) is 5.14. The van der Waals surface area contributed by atoms with Crippen molar-refractivity contribution in [1.29, 1.82) is 0 Å². The van der Waals surface area contributed by atoms with Crippen LogP contribution in [0.2, 0.25) is 0 Å². The van der Waals surface area contributed by atoms with Gasteiger partial charge >= 0.3 is 19.6 Å². The number of hydrogen-bond acceptors (Lipinski definition) is 8. The van der Waals surface area contributed by atoms with E-state index in [1.54, 1.807) is 39.0 Å². The molecule has 3 amide bonds. The van der Waals surface area contributed by atoms with E-state index in [1.165, 1.54) is 49.3 Å². The van der Waals surface area contributed by atoms with Crippen molar-refractivity contribution in [1.82, 2.24) is 20.3 Å². The van der Waals surface area contributed by atoms with Gasteiger partial charge in [-0.05, 0) is 75.2 Å². The molecular weight excluding hydrogens is 660 g/mol. The van der Waals surface area contributed by atoms with Crippen LogP contribution in [-0.4, -0.2) is 78.0 Å². The number of H-pyrrole nitrogens is 1. The Morgan fingerprint density at radius 3 is 2.51 bits per heavy atom. The summed E-state index contributed by atoms with van der Waals surface area (Å²) in [7, 11) is -2.37. The molecule has 5 N–H and O–H groups in total. The van der Waals surface area contributed by atoms with Gasteiger partial charge in [-0.2, -0.15) is 0 Å². The van der Waals surface area contributed by atoms with Gasteiger partial charge in [0.2, 0.25) is 0 Å². The molecule has 1 aromatic heterocycles. The first kappa shape index (κ1) is 36.8. The topological polar surface area (TPSA) is 188 Å². The Hall–Kier alpha value is -4.98. The predicted molar refractivity (Wildman–Crippen MR) is 180 cm³/mol. The molecule has 1 aliphatic rings. The highest BCUT2D eigenvalue weighted by atomic mass is 31.2. The number of benzene rings is 2. The number of aryl methyl sites for hydroxylation is 1. The summed E-state index contributed by atoms with van der Waals surface area (Å²) in [6.07, 6.45) is 0.650. The van der Waals surface area contributed by atoms with Crippen LogP contribution < -0.4 is 20.2 Å². The number of nitrogens with zero attached hydrogens (tertiary/aromatic N) is 1. The molecule has 2 atom stereocenters. The van der Waals surface area contributed by atoms with Crippen molar-refractivity contribution < 1.29 is 47.2 Å². The number of aromatic amines is 1. The number of halogens is 1. The van der Waals surface area contributed by atoms with Crippen molar-refractivity contribution in [3.05, 3.63) is 81.9 Å². The van der Waals surface area contributed by atoms with Crippen LogP contribution in [-0.2, 0) is 30.2 Å². The summed E-state index contributed by atoms with van der Waals surface area (Å²) < 4.78 is 42.8. The van der Waals surface area contributed by atoms with Crippen LogP contribution in [0.4, 0.5) is 14.9 Å². The number of fused-ring (bicyclic) bond motifs is 1. The van der Waals surface area contributed by atoms with Crippen LogP contribution in [0.1, 0.15) is 52.3 Å². The Bertz CT molecular complexity index is 1810. The number of hydrogen-bond donors (Lipinski definition) is 5. The Balaban J connectivity index is 1.30. The molecule has 0 spiro atoms. The van der Waals surface area contributed by atoms with Crippen molar-refractivity contribution in [2.24, 2.45) is 0 Å². The number of rotatable bonds is 15. The number of amides is 3. The van der Waals surface area contributed by atoms with Gasteiger partial charge in [0.1, 0.15) is 30.6 Å². The van der Waals surface area contributed by atoms with Crippen LogP contribution in [0.15, 0.2) is 42.5 Å². The van der Waals surface area contributed by atoms with Gasteiger partial charge in [0.15, 0.2) is 0 Å². The molecule has 4 rings (SSSR count). The maximum absolute atomic E-state index is 13.9. The lowest BCUT2D eigenvalue weighted by Crippen LogP contribution is -2.38. The molecule has 1 unspecified atom stereocenters. The lowest BCUT2D eigenvalue weighted by molar-refractivity contribution is -0.138. The van der Waals surface area contributed by atoms with Gasteiger partial charge in [-0.1, -0.05) is 12.1 Å². The quantitative estimate of drug-likeness (QED) is 0.108. The molecule has 3 aromatic rings. The molecular formula is C33H39FN5O9P. The van der Waals surface area contributed by atoms with Crippen LogP contribution in [0.3, 0.4) is 0 Å². The first-order valence-electron chi connectivity index (χ1n) is 15.3. The number of aliphatic carboxylic acids is 1. The Kier molecular flexibility index (Phi) is 12.0. The minimum Gasteiger partial charge on any atom is -0.480 e. The summed E-state index contributed by atoms with van der Waals surface area (Å²) in [5.41, 5.74) is 3.96. The molecule has 2 aromatic carbocycles. The molecule has 0 saturated heterocycles. The number of ether oxygens (including phenoxy) is 2. The molecule has 16 heteroatoms. The number of likely N-dealkylation sites (N-methyl/N-ethyl adjacent to an activating group) is 1. The van der Waals surface area contributed by atoms with Crippen molar-refractivity contribution in [2.75, 3.05) is 38.4 Å². The van der Waals surface area contributed by atoms with E-state index >= 15 is 0 Å². The second-order valence-electron chi connectivity index (χ2n) is 11.3. The van der Waals surface area contributed by atoms with Gasteiger partial charge in [0, 0.05) is 49.4 Å². The average Bonchev–Trinajstić information content (AvgIpc) is 3.51. The zero-order valence-corrected chi connectivity index (χ0v) is 28.6. The molecule has 0 fully saturated rings. The third kappa shape index (κ3) is 9.13. The van der Waals surface area contributed by atoms with Gasteiger partial charge in [0.25, 0.3) is 11.8 Å². The number of carboxylic acids is 1. The summed E-state index contributed by atoms with van der Waals surface area (Å²) in [4.78, 5) is 54.2. The molecule has 0 bridgehead atoms. The van der Waals surface area contributed by atoms with Gasteiger partial charge in [-0.3, -0.25) is 18.9 Å². The lowest BCUT2D eigenvalue weighted by Gasteiger charge is -2.22. The Morgan fingerprint density at radius 1 is 1.14 bits per heavy atom. The second kappa shape index (κ2) is 15.9. The fraction of sp³-hybridized carbons (Fsp3) is 0.333. The molecule has 2 heterocycles. The van der Waals surface area contributed by atoms with Crippen LogP contribution in [0, 0.1) is 19.7 Å². The third-order valence-corrected chi connectivity index (χ3v) is 9.55. The van der Waals surface area contributed by atoms with E-state index in [0.29, 0.717) is 45.9 Å². The summed E-state index contributed by atoms with van der Waals surface area (Å²) in [6, 6.07) is 9.16. The zero-order valence-electron chi connectivity index (χ0n) is 27.7. The van der Waals surface area contributed by atoms with Crippen LogP contribution in [0.5, 0.6) is 5.75 Å². The van der Waals surface area contributed by atoms with E-state index in [2.05, 4.69) is 20.7 Å². The smallest absolute Gasteiger partial charge is 0.410 e. The number of carbonyl (C=O) groups excluding carboxylic acids is 3. The van der Waals surface area contributed by atoms with E-state index in [0.717, 1.165) is 0 Å².